The SMILES string of the molecule is COc1ccc(CCN(Cc2ccc(C)o2)C(=O)CN(CC(C)C)C(=O)Nc2ccccc2C)cc1OC. The molecule has 0 atom stereocenters. The maximum atomic E-state index is 13.6. The van der Waals surface area contributed by atoms with Crippen molar-refractivity contribution >= 4 is 17.6 Å². The number of carbonyl (C=O) groups excluding carboxylic acids is 2. The molecule has 204 valence electrons. The summed E-state index contributed by atoms with van der Waals surface area (Å²) in [7, 11) is 3.20. The van der Waals surface area contributed by atoms with Crippen LogP contribution in [-0.2, 0) is 17.8 Å². The van der Waals surface area contributed by atoms with Crippen LogP contribution in [0.25, 0.3) is 0 Å². The standard InChI is InChI=1S/C30H39N3O5/c1-21(2)18-33(30(35)31-26-10-8-7-9-22(26)3)20-29(34)32(19-25-13-11-23(4)38-25)16-15-24-12-14-27(36-5)28(17-24)37-6/h7-14,17,21H,15-16,18-20H2,1-6H3,(H,31,35). The Hall–Kier alpha value is -3.94. The molecule has 0 spiro atoms. The predicted molar refractivity (Wildman–Crippen MR) is 149 cm³/mol. The van der Waals surface area contributed by atoms with Gasteiger partial charge in [-0.2, -0.15) is 0 Å². The molecule has 1 heterocycles. The molecule has 0 bridgehead atoms. The first-order valence-electron chi connectivity index (χ1n) is 12.9. The highest BCUT2D eigenvalue weighted by Gasteiger charge is 2.23. The van der Waals surface area contributed by atoms with Crippen molar-refractivity contribution in [1.82, 2.24) is 9.80 Å². The summed E-state index contributed by atoms with van der Waals surface area (Å²) in [4.78, 5) is 30.2. The van der Waals surface area contributed by atoms with Gasteiger partial charge in [0.1, 0.15) is 18.1 Å². The van der Waals surface area contributed by atoms with Crippen LogP contribution in [0.4, 0.5) is 10.5 Å². The van der Waals surface area contributed by atoms with Crippen molar-refractivity contribution in [2.45, 2.75) is 40.7 Å². The Morgan fingerprint density at radius 1 is 0.947 bits per heavy atom. The molecule has 0 saturated heterocycles. The third kappa shape index (κ3) is 8.03. The number of furan rings is 1. The van der Waals surface area contributed by atoms with Crippen LogP contribution < -0.4 is 14.8 Å². The van der Waals surface area contributed by atoms with Crippen molar-refractivity contribution in [3.63, 3.8) is 0 Å². The first-order valence-corrected chi connectivity index (χ1v) is 12.9. The Morgan fingerprint density at radius 2 is 1.68 bits per heavy atom. The van der Waals surface area contributed by atoms with E-state index < -0.39 is 0 Å². The number of ether oxygens (including phenoxy) is 2. The average Bonchev–Trinajstić information content (AvgIpc) is 3.31. The molecule has 0 aliphatic carbocycles. The highest BCUT2D eigenvalue weighted by atomic mass is 16.5. The second-order valence-corrected chi connectivity index (χ2v) is 9.79. The number of anilines is 1. The van der Waals surface area contributed by atoms with Gasteiger partial charge >= 0.3 is 6.03 Å². The van der Waals surface area contributed by atoms with E-state index in [1.54, 1.807) is 24.0 Å². The fraction of sp³-hybridized carbons (Fsp3) is 0.400. The quantitative estimate of drug-likeness (QED) is 0.332. The van der Waals surface area contributed by atoms with Gasteiger partial charge in [0.05, 0.1) is 20.8 Å². The number of para-hydroxylation sites is 1. The Bertz CT molecular complexity index is 1220. The summed E-state index contributed by atoms with van der Waals surface area (Å²) in [5.74, 6) is 2.81. The van der Waals surface area contributed by atoms with Gasteiger partial charge in [-0.3, -0.25) is 4.79 Å². The maximum Gasteiger partial charge on any atom is 0.322 e. The monoisotopic (exact) mass is 521 g/mol. The molecule has 8 nitrogen and oxygen atoms in total. The number of benzene rings is 2. The summed E-state index contributed by atoms with van der Waals surface area (Å²) in [6.45, 7) is 9.04. The van der Waals surface area contributed by atoms with E-state index in [0.29, 0.717) is 43.3 Å². The van der Waals surface area contributed by atoms with E-state index in [2.05, 4.69) is 5.32 Å². The van der Waals surface area contributed by atoms with Crippen molar-refractivity contribution in [3.8, 4) is 11.5 Å². The van der Waals surface area contributed by atoms with Crippen molar-refractivity contribution in [2.24, 2.45) is 5.92 Å². The first-order chi connectivity index (χ1) is 18.2. The molecule has 0 aliphatic heterocycles. The summed E-state index contributed by atoms with van der Waals surface area (Å²) in [5, 5.41) is 2.97. The normalized spacial score (nSPS) is 10.8. The number of hydrogen-bond donors (Lipinski definition) is 1. The van der Waals surface area contributed by atoms with Crippen LogP contribution in [0.5, 0.6) is 11.5 Å². The van der Waals surface area contributed by atoms with E-state index in [1.807, 2.05) is 82.3 Å². The van der Waals surface area contributed by atoms with Crippen LogP contribution >= 0.6 is 0 Å². The summed E-state index contributed by atoms with van der Waals surface area (Å²) >= 11 is 0. The molecule has 8 heteroatoms. The number of methoxy groups -OCH3 is 2. The molecule has 38 heavy (non-hydrogen) atoms. The molecular formula is C30H39N3O5. The molecule has 3 rings (SSSR count). The number of amides is 3. The van der Waals surface area contributed by atoms with Gasteiger partial charge in [-0.05, 0) is 67.6 Å². The van der Waals surface area contributed by atoms with E-state index in [9.17, 15) is 9.59 Å². The van der Waals surface area contributed by atoms with Gasteiger partial charge in [-0.25, -0.2) is 4.79 Å². The van der Waals surface area contributed by atoms with Gasteiger partial charge in [0, 0.05) is 18.8 Å². The minimum Gasteiger partial charge on any atom is -0.493 e. The van der Waals surface area contributed by atoms with E-state index in [0.717, 1.165) is 22.6 Å². The maximum absolute atomic E-state index is 13.6. The van der Waals surface area contributed by atoms with Crippen molar-refractivity contribution in [1.29, 1.82) is 0 Å². The highest BCUT2D eigenvalue weighted by molar-refractivity contribution is 5.93. The molecule has 0 unspecified atom stereocenters. The fourth-order valence-electron chi connectivity index (χ4n) is 4.18. The zero-order valence-electron chi connectivity index (χ0n) is 23.2. The van der Waals surface area contributed by atoms with Crippen LogP contribution in [-0.4, -0.2) is 55.6 Å². The summed E-state index contributed by atoms with van der Waals surface area (Å²) < 4.78 is 16.5. The smallest absolute Gasteiger partial charge is 0.322 e. The average molecular weight is 522 g/mol. The van der Waals surface area contributed by atoms with Crippen LogP contribution in [0.1, 0.15) is 36.5 Å². The Balaban J connectivity index is 1.77. The minimum absolute atomic E-state index is 0.0402. The Morgan fingerprint density at radius 3 is 2.32 bits per heavy atom. The third-order valence-electron chi connectivity index (χ3n) is 6.20. The van der Waals surface area contributed by atoms with Crippen LogP contribution in [0.15, 0.2) is 59.0 Å². The van der Waals surface area contributed by atoms with Gasteiger partial charge < -0.3 is 29.0 Å². The van der Waals surface area contributed by atoms with E-state index in [4.69, 9.17) is 13.9 Å². The number of urea groups is 1. The molecule has 3 amide bonds. The van der Waals surface area contributed by atoms with E-state index in [1.165, 1.54) is 0 Å². The largest absolute Gasteiger partial charge is 0.493 e. The second-order valence-electron chi connectivity index (χ2n) is 9.79. The Labute approximate surface area is 225 Å². The van der Waals surface area contributed by atoms with Gasteiger partial charge in [0.15, 0.2) is 11.5 Å². The molecule has 0 saturated carbocycles. The van der Waals surface area contributed by atoms with Crippen molar-refractivity contribution in [2.75, 3.05) is 39.2 Å². The van der Waals surface area contributed by atoms with Gasteiger partial charge in [0.25, 0.3) is 0 Å². The lowest BCUT2D eigenvalue weighted by molar-refractivity contribution is -0.132. The number of rotatable bonds is 12. The molecule has 0 aliphatic rings. The number of nitrogens with zero attached hydrogens (tertiary/aromatic N) is 2. The molecule has 1 N–H and O–H groups in total. The number of aryl methyl sites for hydroxylation is 2. The highest BCUT2D eigenvalue weighted by Crippen LogP contribution is 2.28. The topological polar surface area (TPSA) is 84.2 Å². The summed E-state index contributed by atoms with van der Waals surface area (Å²) in [6.07, 6.45) is 0.603. The van der Waals surface area contributed by atoms with Crippen LogP contribution in [0, 0.1) is 19.8 Å². The number of nitrogens with one attached hydrogen (secondary N) is 1. The summed E-state index contributed by atoms with van der Waals surface area (Å²) in [5.41, 5.74) is 2.70. The number of hydrogen-bond acceptors (Lipinski definition) is 5. The molecular weight excluding hydrogens is 482 g/mol. The third-order valence-corrected chi connectivity index (χ3v) is 6.20. The molecule has 1 aromatic heterocycles. The fourth-order valence-corrected chi connectivity index (χ4v) is 4.18. The molecule has 0 radical (unpaired) electrons. The van der Waals surface area contributed by atoms with E-state index in [-0.39, 0.29) is 24.4 Å². The molecule has 0 fully saturated rings. The van der Waals surface area contributed by atoms with Gasteiger partial charge in [0.2, 0.25) is 5.91 Å². The zero-order valence-corrected chi connectivity index (χ0v) is 23.2. The second kappa shape index (κ2) is 13.6. The minimum atomic E-state index is -0.296. The molecule has 3 aromatic rings. The summed E-state index contributed by atoms with van der Waals surface area (Å²) in [6, 6.07) is 16.8. The number of carbonyl (C=O) groups is 2. The lowest BCUT2D eigenvalue weighted by atomic mass is 10.1. The van der Waals surface area contributed by atoms with Crippen molar-refractivity contribution < 1.29 is 23.5 Å². The predicted octanol–water partition coefficient (Wildman–Crippen LogP) is 5.68. The lowest BCUT2D eigenvalue weighted by Gasteiger charge is -2.29. The van der Waals surface area contributed by atoms with Gasteiger partial charge in [-0.1, -0.05) is 38.1 Å². The van der Waals surface area contributed by atoms with Crippen molar-refractivity contribution in [3.05, 3.63) is 77.2 Å². The lowest BCUT2D eigenvalue weighted by Crippen LogP contribution is -2.46. The van der Waals surface area contributed by atoms with Gasteiger partial charge in [-0.15, -0.1) is 0 Å². The zero-order chi connectivity index (χ0) is 27.7. The van der Waals surface area contributed by atoms with Crippen LogP contribution in [0.3, 0.4) is 0 Å². The van der Waals surface area contributed by atoms with E-state index >= 15 is 0 Å². The first kappa shape index (κ1) is 28.6. The Kier molecular flexibility index (Phi) is 10.2. The van der Waals surface area contributed by atoms with Crippen LogP contribution in [0.2, 0.25) is 0 Å². The molecule has 2 aromatic carbocycles.